The molecular formula is C16H20FN3O. The van der Waals surface area contributed by atoms with Gasteiger partial charge in [0.1, 0.15) is 0 Å². The van der Waals surface area contributed by atoms with Crippen molar-refractivity contribution in [3.05, 3.63) is 54.1 Å². The van der Waals surface area contributed by atoms with Crippen LogP contribution in [0.1, 0.15) is 19.4 Å². The van der Waals surface area contributed by atoms with Gasteiger partial charge in [0.05, 0.1) is 18.5 Å². The quantitative estimate of drug-likeness (QED) is 0.858. The van der Waals surface area contributed by atoms with Gasteiger partial charge in [-0.1, -0.05) is 37.3 Å². The van der Waals surface area contributed by atoms with E-state index in [4.69, 9.17) is 0 Å². The topological polar surface area (TPSA) is 58.0 Å². The van der Waals surface area contributed by atoms with Gasteiger partial charge in [-0.25, -0.2) is 14.4 Å². The number of halogens is 1. The van der Waals surface area contributed by atoms with Crippen LogP contribution in [0.2, 0.25) is 0 Å². The molecule has 0 aliphatic heterocycles. The van der Waals surface area contributed by atoms with Crippen molar-refractivity contribution in [2.24, 2.45) is 5.41 Å². The van der Waals surface area contributed by atoms with Crippen molar-refractivity contribution in [2.45, 2.75) is 26.4 Å². The van der Waals surface area contributed by atoms with Gasteiger partial charge in [0.25, 0.3) is 0 Å². The number of nitrogens with one attached hydrogen (secondary N) is 1. The number of nitrogens with zero attached hydrogens (tertiary/aromatic N) is 2. The average Bonchev–Trinajstić information content (AvgIpc) is 2.47. The molecule has 1 heterocycles. The van der Waals surface area contributed by atoms with Gasteiger partial charge in [0.15, 0.2) is 5.82 Å². The zero-order valence-electron chi connectivity index (χ0n) is 12.3. The second-order valence-electron chi connectivity index (χ2n) is 5.57. The zero-order valence-corrected chi connectivity index (χ0v) is 12.3. The molecule has 1 aromatic carbocycles. The first-order valence-electron chi connectivity index (χ1n) is 6.93. The molecule has 4 nitrogen and oxygen atoms in total. The van der Waals surface area contributed by atoms with E-state index in [1.165, 1.54) is 0 Å². The lowest BCUT2D eigenvalue weighted by Crippen LogP contribution is -2.39. The van der Waals surface area contributed by atoms with Crippen LogP contribution >= 0.6 is 0 Å². The molecular weight excluding hydrogens is 269 g/mol. The molecule has 0 saturated heterocycles. The molecule has 21 heavy (non-hydrogen) atoms. The Labute approximate surface area is 124 Å². The summed E-state index contributed by atoms with van der Waals surface area (Å²) in [5.41, 5.74) is 0.779. The van der Waals surface area contributed by atoms with E-state index in [0.29, 0.717) is 12.5 Å². The lowest BCUT2D eigenvalue weighted by Gasteiger charge is -2.33. The van der Waals surface area contributed by atoms with Crippen LogP contribution in [-0.2, 0) is 6.42 Å². The van der Waals surface area contributed by atoms with Crippen LogP contribution in [0.5, 0.6) is 0 Å². The minimum atomic E-state index is -0.509. The maximum Gasteiger partial charge on any atom is 0.222 e. The van der Waals surface area contributed by atoms with E-state index >= 15 is 0 Å². The van der Waals surface area contributed by atoms with Crippen LogP contribution in [0.3, 0.4) is 0 Å². The molecule has 0 saturated carbocycles. The maximum atomic E-state index is 12.8. The highest BCUT2D eigenvalue weighted by Gasteiger charge is 2.30. The number of rotatable bonds is 6. The zero-order chi connectivity index (χ0) is 15.3. The minimum absolute atomic E-state index is 0.358. The van der Waals surface area contributed by atoms with Gasteiger partial charge in [-0.15, -0.1) is 0 Å². The van der Waals surface area contributed by atoms with Crippen LogP contribution < -0.4 is 5.32 Å². The van der Waals surface area contributed by atoms with Crippen LogP contribution in [0.25, 0.3) is 0 Å². The van der Waals surface area contributed by atoms with Gasteiger partial charge in [-0.3, -0.25) is 0 Å². The van der Waals surface area contributed by atoms with E-state index in [1.54, 1.807) is 6.92 Å². The summed E-state index contributed by atoms with van der Waals surface area (Å²) in [6, 6.07) is 10.0. The molecule has 2 unspecified atom stereocenters. The van der Waals surface area contributed by atoms with Crippen molar-refractivity contribution < 1.29 is 9.50 Å². The van der Waals surface area contributed by atoms with Crippen LogP contribution in [-0.4, -0.2) is 27.7 Å². The van der Waals surface area contributed by atoms with Gasteiger partial charge in [-0.05, 0) is 18.9 Å². The fourth-order valence-electron chi connectivity index (χ4n) is 2.10. The van der Waals surface area contributed by atoms with Crippen LogP contribution in [0.4, 0.5) is 10.3 Å². The SMILES string of the molecule is CC(O)C(C)(CNc1ncc(F)cn1)Cc1ccccc1. The third kappa shape index (κ3) is 4.23. The molecule has 5 heteroatoms. The third-order valence-electron chi connectivity index (χ3n) is 3.73. The van der Waals surface area contributed by atoms with Crippen LogP contribution in [0.15, 0.2) is 42.7 Å². The smallest absolute Gasteiger partial charge is 0.222 e. The average molecular weight is 289 g/mol. The summed E-state index contributed by atoms with van der Waals surface area (Å²) >= 11 is 0. The van der Waals surface area contributed by atoms with Gasteiger partial charge in [0, 0.05) is 12.0 Å². The summed E-state index contributed by atoms with van der Waals surface area (Å²) in [7, 11) is 0. The first kappa shape index (κ1) is 15.4. The van der Waals surface area contributed by atoms with Crippen molar-refractivity contribution in [2.75, 3.05) is 11.9 Å². The second-order valence-corrected chi connectivity index (χ2v) is 5.57. The number of hydrogen-bond acceptors (Lipinski definition) is 4. The summed E-state index contributed by atoms with van der Waals surface area (Å²) in [6.45, 7) is 4.27. The van der Waals surface area contributed by atoms with Crippen molar-refractivity contribution in [1.29, 1.82) is 0 Å². The third-order valence-corrected chi connectivity index (χ3v) is 3.73. The molecule has 2 aromatic rings. The predicted octanol–water partition coefficient (Wildman–Crippen LogP) is 2.66. The largest absolute Gasteiger partial charge is 0.393 e. The Hall–Kier alpha value is -2.01. The number of aliphatic hydroxyl groups excluding tert-OH is 1. The second kappa shape index (κ2) is 6.63. The number of anilines is 1. The Bertz CT molecular complexity index is 559. The van der Waals surface area contributed by atoms with Crippen molar-refractivity contribution >= 4 is 5.95 Å². The van der Waals surface area contributed by atoms with Gasteiger partial charge in [-0.2, -0.15) is 0 Å². The maximum absolute atomic E-state index is 12.8. The normalized spacial score (nSPS) is 15.2. The fraction of sp³-hybridized carbons (Fsp3) is 0.375. The standard InChI is InChI=1S/C16H20FN3O/c1-12(21)16(2,8-13-6-4-3-5-7-13)11-20-15-18-9-14(17)10-19-15/h3-7,9-10,12,21H,8,11H2,1-2H3,(H,18,19,20). The molecule has 2 atom stereocenters. The van der Waals surface area contributed by atoms with Gasteiger partial charge < -0.3 is 10.4 Å². The Morgan fingerprint density at radius 1 is 1.24 bits per heavy atom. The van der Waals surface area contributed by atoms with Crippen molar-refractivity contribution in [3.8, 4) is 0 Å². The van der Waals surface area contributed by atoms with E-state index in [0.717, 1.165) is 24.4 Å². The number of aliphatic hydroxyl groups is 1. The molecule has 0 aliphatic rings. The fourth-order valence-corrected chi connectivity index (χ4v) is 2.10. The molecule has 0 bridgehead atoms. The number of hydrogen-bond donors (Lipinski definition) is 2. The molecule has 0 amide bonds. The minimum Gasteiger partial charge on any atom is -0.393 e. The highest BCUT2D eigenvalue weighted by Crippen LogP contribution is 2.27. The molecule has 0 fully saturated rings. The van der Waals surface area contributed by atoms with E-state index < -0.39 is 11.9 Å². The van der Waals surface area contributed by atoms with E-state index in [2.05, 4.69) is 15.3 Å². The van der Waals surface area contributed by atoms with E-state index in [1.807, 2.05) is 37.3 Å². The number of aromatic nitrogens is 2. The first-order valence-corrected chi connectivity index (χ1v) is 6.93. The molecule has 2 rings (SSSR count). The molecule has 1 aromatic heterocycles. The summed E-state index contributed by atoms with van der Waals surface area (Å²) in [5.74, 6) is -0.112. The molecule has 112 valence electrons. The molecule has 2 N–H and O–H groups in total. The summed E-state index contributed by atoms with van der Waals surface area (Å²) in [5, 5.41) is 13.2. The van der Waals surface area contributed by atoms with E-state index in [-0.39, 0.29) is 5.41 Å². The van der Waals surface area contributed by atoms with E-state index in [9.17, 15) is 9.50 Å². The summed E-state index contributed by atoms with van der Waals surface area (Å²) < 4.78 is 12.8. The highest BCUT2D eigenvalue weighted by molar-refractivity contribution is 5.24. The Kier molecular flexibility index (Phi) is 4.85. The van der Waals surface area contributed by atoms with Crippen LogP contribution in [0, 0.1) is 11.2 Å². The van der Waals surface area contributed by atoms with Crippen molar-refractivity contribution in [3.63, 3.8) is 0 Å². The molecule has 0 spiro atoms. The molecule has 0 radical (unpaired) electrons. The predicted molar refractivity (Wildman–Crippen MR) is 80.4 cm³/mol. The molecule has 0 aliphatic carbocycles. The number of benzene rings is 1. The summed E-state index contributed by atoms with van der Waals surface area (Å²) in [4.78, 5) is 7.74. The Morgan fingerprint density at radius 2 is 1.86 bits per heavy atom. The Balaban J connectivity index is 2.05. The lowest BCUT2D eigenvalue weighted by atomic mass is 9.79. The van der Waals surface area contributed by atoms with Gasteiger partial charge in [0.2, 0.25) is 5.95 Å². The first-order chi connectivity index (χ1) is 9.99. The van der Waals surface area contributed by atoms with Crippen molar-refractivity contribution in [1.82, 2.24) is 9.97 Å². The summed E-state index contributed by atoms with van der Waals surface area (Å²) in [6.07, 6.45) is 2.45. The monoisotopic (exact) mass is 289 g/mol. The van der Waals surface area contributed by atoms with Gasteiger partial charge >= 0.3 is 0 Å². The lowest BCUT2D eigenvalue weighted by molar-refractivity contribution is 0.0619. The Morgan fingerprint density at radius 3 is 2.43 bits per heavy atom. The highest BCUT2D eigenvalue weighted by atomic mass is 19.1.